The molecule has 34 heavy (non-hydrogen) atoms. The summed E-state index contributed by atoms with van der Waals surface area (Å²) >= 11 is 0. The molecule has 2 N–H and O–H groups in total. The molecule has 0 aromatic carbocycles. The van der Waals surface area contributed by atoms with E-state index in [1.54, 1.807) is 5.57 Å². The van der Waals surface area contributed by atoms with Crippen molar-refractivity contribution in [1.29, 1.82) is 0 Å². The number of aryl methyl sites for hydroxylation is 1. The van der Waals surface area contributed by atoms with Gasteiger partial charge in [-0.15, -0.1) is 0 Å². The van der Waals surface area contributed by atoms with Gasteiger partial charge in [0.1, 0.15) is 12.4 Å². The molecule has 4 aliphatic carbocycles. The Balaban J connectivity index is 1.28. The summed E-state index contributed by atoms with van der Waals surface area (Å²) in [5, 5.41) is 19.4. The van der Waals surface area contributed by atoms with E-state index in [0.717, 1.165) is 60.8 Å². The van der Waals surface area contributed by atoms with E-state index in [1.807, 2.05) is 18.3 Å². The molecule has 0 amide bonds. The molecule has 0 unspecified atom stereocenters. The Kier molecular flexibility index (Phi) is 6.85. The predicted molar refractivity (Wildman–Crippen MR) is 136 cm³/mol. The maximum atomic E-state index is 10.3. The Labute approximate surface area is 206 Å². The summed E-state index contributed by atoms with van der Waals surface area (Å²) in [4.78, 5) is 4.60. The molecule has 4 nitrogen and oxygen atoms in total. The van der Waals surface area contributed by atoms with Crippen LogP contribution in [0.25, 0.3) is 0 Å². The molecule has 0 radical (unpaired) electrons. The van der Waals surface area contributed by atoms with Gasteiger partial charge in [0.2, 0.25) is 0 Å². The smallest absolute Gasteiger partial charge is 0.140 e. The summed E-state index contributed by atoms with van der Waals surface area (Å²) in [7, 11) is 0. The lowest BCUT2D eigenvalue weighted by atomic mass is 9.47. The number of allylic oxidation sites excluding steroid dienone is 1. The molecule has 0 bridgehead atoms. The quantitative estimate of drug-likeness (QED) is 0.486. The summed E-state index contributed by atoms with van der Waals surface area (Å²) in [6.45, 7) is 8.00. The first-order valence-corrected chi connectivity index (χ1v) is 13.9. The number of hydrogen-bond donors (Lipinski definition) is 2. The highest BCUT2D eigenvalue weighted by atomic mass is 16.5. The van der Waals surface area contributed by atoms with Crippen molar-refractivity contribution in [3.8, 4) is 5.75 Å². The standard InChI is InChI=1S/C30H45NO3/c1-20(6-11-27-28(34-18-17-32)5-4-16-31-27)24-9-10-25-23-8-7-21-19-22(33)12-14-29(21,2)26(23)13-15-30(24,25)3/h4-5,7,16,20,22-26,32-33H,6,8-15,17-19H2,1-3H3/t20-,22+,23+,24-,25+,26+,29+,30-/m1/s1. The van der Waals surface area contributed by atoms with Crippen molar-refractivity contribution in [2.75, 3.05) is 13.2 Å². The van der Waals surface area contributed by atoms with E-state index < -0.39 is 0 Å². The lowest BCUT2D eigenvalue weighted by Gasteiger charge is -2.58. The van der Waals surface area contributed by atoms with Crippen LogP contribution in [0.3, 0.4) is 0 Å². The van der Waals surface area contributed by atoms with Gasteiger partial charge in [-0.1, -0.05) is 32.4 Å². The van der Waals surface area contributed by atoms with Crippen molar-refractivity contribution in [1.82, 2.24) is 4.98 Å². The molecule has 3 saturated carbocycles. The molecule has 1 aromatic heterocycles. The molecular weight excluding hydrogens is 422 g/mol. The van der Waals surface area contributed by atoms with Crippen molar-refractivity contribution >= 4 is 0 Å². The molecule has 8 atom stereocenters. The average molecular weight is 468 g/mol. The summed E-state index contributed by atoms with van der Waals surface area (Å²) in [5.41, 5.74) is 3.39. The first-order chi connectivity index (χ1) is 16.4. The molecule has 0 spiro atoms. The summed E-state index contributed by atoms with van der Waals surface area (Å²) in [6.07, 6.45) is 16.2. The van der Waals surface area contributed by atoms with Crippen LogP contribution >= 0.6 is 0 Å². The van der Waals surface area contributed by atoms with E-state index in [1.165, 1.54) is 38.5 Å². The molecule has 1 aromatic rings. The summed E-state index contributed by atoms with van der Waals surface area (Å²) in [6, 6.07) is 3.89. The third kappa shape index (κ3) is 4.13. The fourth-order valence-corrected chi connectivity index (χ4v) is 9.08. The lowest BCUT2D eigenvalue weighted by molar-refractivity contribution is -0.0571. The molecule has 4 heteroatoms. The van der Waals surface area contributed by atoms with E-state index in [9.17, 15) is 5.11 Å². The fourth-order valence-electron chi connectivity index (χ4n) is 9.08. The SMILES string of the molecule is C[C@H](CCc1ncccc1OCCO)[C@H]1CC[C@H]2[C@@H]3CC=C4C[C@@H](O)CC[C@]4(C)[C@H]3CC[C@]12C. The maximum Gasteiger partial charge on any atom is 0.140 e. The van der Waals surface area contributed by atoms with Crippen molar-refractivity contribution in [2.24, 2.45) is 40.4 Å². The topological polar surface area (TPSA) is 62.6 Å². The Morgan fingerprint density at radius 2 is 2.00 bits per heavy atom. The van der Waals surface area contributed by atoms with Crippen LogP contribution in [0.15, 0.2) is 30.0 Å². The second kappa shape index (κ2) is 9.58. The number of hydrogen-bond acceptors (Lipinski definition) is 4. The van der Waals surface area contributed by atoms with Gasteiger partial charge in [-0.3, -0.25) is 4.98 Å². The first kappa shape index (κ1) is 24.3. The van der Waals surface area contributed by atoms with Gasteiger partial charge in [0, 0.05) is 6.20 Å². The number of nitrogens with zero attached hydrogens (tertiary/aromatic N) is 1. The molecular formula is C30H45NO3. The average Bonchev–Trinajstić information content (AvgIpc) is 3.19. The van der Waals surface area contributed by atoms with Crippen LogP contribution < -0.4 is 4.74 Å². The summed E-state index contributed by atoms with van der Waals surface area (Å²) < 4.78 is 5.73. The second-order valence-electron chi connectivity index (χ2n) is 12.4. The van der Waals surface area contributed by atoms with Gasteiger partial charge in [0.25, 0.3) is 0 Å². The van der Waals surface area contributed by atoms with Crippen molar-refractivity contribution in [3.05, 3.63) is 35.7 Å². The number of aromatic nitrogens is 1. The number of pyridine rings is 1. The molecule has 4 aliphatic rings. The van der Waals surface area contributed by atoms with Crippen LogP contribution in [-0.4, -0.2) is 34.5 Å². The van der Waals surface area contributed by atoms with E-state index in [0.29, 0.717) is 23.4 Å². The second-order valence-corrected chi connectivity index (χ2v) is 12.4. The fraction of sp³-hybridized carbons (Fsp3) is 0.767. The van der Waals surface area contributed by atoms with Crippen LogP contribution in [0.1, 0.15) is 84.3 Å². The third-order valence-corrected chi connectivity index (χ3v) is 10.9. The minimum absolute atomic E-state index is 0.0328. The monoisotopic (exact) mass is 467 g/mol. The zero-order valence-electron chi connectivity index (χ0n) is 21.5. The number of aliphatic hydroxyl groups is 2. The Bertz CT molecular complexity index is 899. The van der Waals surface area contributed by atoms with Crippen LogP contribution in [-0.2, 0) is 6.42 Å². The van der Waals surface area contributed by atoms with Gasteiger partial charge >= 0.3 is 0 Å². The Morgan fingerprint density at radius 3 is 2.82 bits per heavy atom. The van der Waals surface area contributed by atoms with E-state index in [-0.39, 0.29) is 12.7 Å². The Hall–Kier alpha value is -1.39. The first-order valence-electron chi connectivity index (χ1n) is 13.9. The molecule has 3 fully saturated rings. The highest BCUT2D eigenvalue weighted by Crippen LogP contribution is 2.67. The molecule has 1 heterocycles. The number of ether oxygens (including phenoxy) is 1. The van der Waals surface area contributed by atoms with Crippen molar-refractivity contribution in [2.45, 2.75) is 91.1 Å². The maximum absolute atomic E-state index is 10.3. The third-order valence-electron chi connectivity index (χ3n) is 10.9. The highest BCUT2D eigenvalue weighted by molar-refractivity contribution is 5.27. The van der Waals surface area contributed by atoms with E-state index in [2.05, 4.69) is 31.8 Å². The molecule has 188 valence electrons. The summed E-state index contributed by atoms with van der Waals surface area (Å²) in [5.74, 6) is 4.78. The molecule has 0 saturated heterocycles. The van der Waals surface area contributed by atoms with Crippen LogP contribution in [0.4, 0.5) is 0 Å². The largest absolute Gasteiger partial charge is 0.489 e. The zero-order chi connectivity index (χ0) is 23.9. The number of aliphatic hydroxyl groups excluding tert-OH is 2. The minimum Gasteiger partial charge on any atom is -0.489 e. The van der Waals surface area contributed by atoms with Gasteiger partial charge in [-0.25, -0.2) is 0 Å². The minimum atomic E-state index is -0.116. The van der Waals surface area contributed by atoms with E-state index >= 15 is 0 Å². The molecule has 0 aliphatic heterocycles. The Morgan fingerprint density at radius 1 is 1.15 bits per heavy atom. The van der Waals surface area contributed by atoms with Gasteiger partial charge in [0.15, 0.2) is 0 Å². The zero-order valence-corrected chi connectivity index (χ0v) is 21.5. The van der Waals surface area contributed by atoms with Gasteiger partial charge in [-0.2, -0.15) is 0 Å². The van der Waals surface area contributed by atoms with Gasteiger partial charge in [0.05, 0.1) is 18.4 Å². The van der Waals surface area contributed by atoms with Crippen LogP contribution in [0.5, 0.6) is 5.75 Å². The normalized spacial score (nSPS) is 40.0. The molecule has 5 rings (SSSR count). The number of rotatable bonds is 7. The van der Waals surface area contributed by atoms with Crippen molar-refractivity contribution < 1.29 is 14.9 Å². The van der Waals surface area contributed by atoms with Crippen LogP contribution in [0.2, 0.25) is 0 Å². The lowest BCUT2D eigenvalue weighted by Crippen LogP contribution is -2.50. The number of fused-ring (bicyclic) bond motifs is 5. The predicted octanol–water partition coefficient (Wildman–Crippen LogP) is 5.96. The van der Waals surface area contributed by atoms with Gasteiger partial charge < -0.3 is 14.9 Å². The highest BCUT2D eigenvalue weighted by Gasteiger charge is 2.59. The van der Waals surface area contributed by atoms with Crippen molar-refractivity contribution in [3.63, 3.8) is 0 Å². The van der Waals surface area contributed by atoms with Crippen LogP contribution in [0, 0.1) is 40.4 Å². The van der Waals surface area contributed by atoms with Gasteiger partial charge in [-0.05, 0) is 117 Å². The van der Waals surface area contributed by atoms with E-state index in [4.69, 9.17) is 9.84 Å².